The average Bonchev–Trinajstić information content (AvgIpc) is 2.48. The van der Waals surface area contributed by atoms with Gasteiger partial charge in [-0.1, -0.05) is 20.8 Å². The lowest BCUT2D eigenvalue weighted by molar-refractivity contribution is -0.130. The van der Waals surface area contributed by atoms with Crippen LogP contribution in [0, 0.1) is 11.3 Å². The zero-order valence-electron chi connectivity index (χ0n) is 10.4. The molecule has 1 aliphatic rings. The maximum absolute atomic E-state index is 11.8. The Balaban J connectivity index is 2.46. The van der Waals surface area contributed by atoms with E-state index < -0.39 is 0 Å². The van der Waals surface area contributed by atoms with Crippen molar-refractivity contribution < 1.29 is 4.79 Å². The van der Waals surface area contributed by atoms with E-state index in [0.29, 0.717) is 17.8 Å². The molecule has 88 valence electrons. The summed E-state index contributed by atoms with van der Waals surface area (Å²) in [6.07, 6.45) is 1.62. The van der Waals surface area contributed by atoms with Crippen LogP contribution in [0.3, 0.4) is 0 Å². The monoisotopic (exact) mass is 212 g/mol. The van der Waals surface area contributed by atoms with Gasteiger partial charge in [-0.25, -0.2) is 0 Å². The molecule has 0 aromatic heterocycles. The lowest BCUT2D eigenvalue weighted by Gasteiger charge is -2.27. The molecule has 1 saturated heterocycles. The smallest absolute Gasteiger partial charge is 0.224 e. The number of nitrogens with zero attached hydrogens (tertiary/aromatic N) is 1. The van der Waals surface area contributed by atoms with Crippen molar-refractivity contribution in [2.75, 3.05) is 13.1 Å². The van der Waals surface area contributed by atoms with Gasteiger partial charge >= 0.3 is 0 Å². The van der Waals surface area contributed by atoms with Crippen LogP contribution in [-0.4, -0.2) is 29.9 Å². The van der Waals surface area contributed by atoms with E-state index in [4.69, 9.17) is 5.73 Å². The molecule has 3 heteroatoms. The minimum absolute atomic E-state index is 0.0220. The van der Waals surface area contributed by atoms with E-state index >= 15 is 0 Å². The second-order valence-corrected chi connectivity index (χ2v) is 5.87. The summed E-state index contributed by atoms with van der Waals surface area (Å²) in [6, 6.07) is -0.0220. The lowest BCUT2D eigenvalue weighted by atomic mass is 9.80. The van der Waals surface area contributed by atoms with Gasteiger partial charge in [0, 0.05) is 25.6 Å². The zero-order valence-corrected chi connectivity index (χ0v) is 10.4. The lowest BCUT2D eigenvalue weighted by Crippen LogP contribution is -2.34. The Morgan fingerprint density at radius 3 is 2.53 bits per heavy atom. The van der Waals surface area contributed by atoms with Gasteiger partial charge in [-0.15, -0.1) is 0 Å². The molecule has 0 radical (unpaired) electrons. The fraction of sp³-hybridized carbons (Fsp3) is 0.917. The van der Waals surface area contributed by atoms with Gasteiger partial charge in [-0.2, -0.15) is 0 Å². The summed E-state index contributed by atoms with van der Waals surface area (Å²) in [5.74, 6) is 0.853. The van der Waals surface area contributed by atoms with E-state index in [0.717, 1.165) is 19.5 Å². The second-order valence-electron chi connectivity index (χ2n) is 5.87. The summed E-state index contributed by atoms with van der Waals surface area (Å²) in [5, 5.41) is 0. The van der Waals surface area contributed by atoms with E-state index in [1.165, 1.54) is 0 Å². The molecule has 15 heavy (non-hydrogen) atoms. The van der Waals surface area contributed by atoms with E-state index in [9.17, 15) is 4.79 Å². The van der Waals surface area contributed by atoms with E-state index in [2.05, 4.69) is 20.8 Å². The molecule has 1 fully saturated rings. The van der Waals surface area contributed by atoms with Crippen LogP contribution in [0.25, 0.3) is 0 Å². The molecule has 0 aromatic rings. The first-order valence-corrected chi connectivity index (χ1v) is 5.84. The first-order chi connectivity index (χ1) is 6.80. The van der Waals surface area contributed by atoms with Crippen LogP contribution < -0.4 is 5.73 Å². The summed E-state index contributed by atoms with van der Waals surface area (Å²) in [5.41, 5.74) is 5.94. The van der Waals surface area contributed by atoms with Crippen LogP contribution in [-0.2, 0) is 4.79 Å². The third kappa shape index (κ3) is 3.49. The first kappa shape index (κ1) is 12.5. The highest BCUT2D eigenvalue weighted by Crippen LogP contribution is 2.33. The molecule has 1 heterocycles. The highest BCUT2D eigenvalue weighted by molar-refractivity contribution is 5.77. The largest absolute Gasteiger partial charge is 0.342 e. The summed E-state index contributed by atoms with van der Waals surface area (Å²) >= 11 is 0. The molecule has 2 atom stereocenters. The van der Waals surface area contributed by atoms with Crippen LogP contribution in [0.2, 0.25) is 0 Å². The Hall–Kier alpha value is -0.570. The van der Waals surface area contributed by atoms with Crippen LogP contribution in [0.4, 0.5) is 0 Å². The van der Waals surface area contributed by atoms with Crippen molar-refractivity contribution in [1.82, 2.24) is 4.90 Å². The van der Waals surface area contributed by atoms with Crippen LogP contribution >= 0.6 is 0 Å². The minimum atomic E-state index is -0.0220. The summed E-state index contributed by atoms with van der Waals surface area (Å²) in [4.78, 5) is 13.7. The first-order valence-electron chi connectivity index (χ1n) is 5.84. The van der Waals surface area contributed by atoms with Gasteiger partial charge in [-0.05, 0) is 24.7 Å². The van der Waals surface area contributed by atoms with E-state index in [1.54, 1.807) is 0 Å². The Morgan fingerprint density at radius 1 is 1.53 bits per heavy atom. The average molecular weight is 212 g/mol. The molecular formula is C12H24N2O. The maximum Gasteiger partial charge on any atom is 0.224 e. The summed E-state index contributed by atoms with van der Waals surface area (Å²) in [6.45, 7) is 10.4. The Labute approximate surface area is 93.0 Å². The number of nitrogens with two attached hydrogens (primary N) is 1. The number of carbonyl (C=O) groups excluding carboxylic acids is 1. The minimum Gasteiger partial charge on any atom is -0.342 e. The van der Waals surface area contributed by atoms with Crippen molar-refractivity contribution >= 4 is 5.91 Å². The molecule has 0 aromatic carbocycles. The highest BCUT2D eigenvalue weighted by Gasteiger charge is 2.33. The van der Waals surface area contributed by atoms with Crippen molar-refractivity contribution in [3.8, 4) is 0 Å². The molecule has 2 N–H and O–H groups in total. The van der Waals surface area contributed by atoms with Crippen molar-refractivity contribution in [3.63, 3.8) is 0 Å². The molecule has 1 rings (SSSR count). The number of carbonyl (C=O) groups is 1. The van der Waals surface area contributed by atoms with Crippen LogP contribution in [0.15, 0.2) is 0 Å². The molecule has 2 unspecified atom stereocenters. The van der Waals surface area contributed by atoms with Gasteiger partial charge in [-0.3, -0.25) is 4.79 Å². The highest BCUT2D eigenvalue weighted by atomic mass is 16.2. The molecule has 0 aliphatic carbocycles. The topological polar surface area (TPSA) is 46.3 Å². The molecular weight excluding hydrogens is 188 g/mol. The number of hydrogen-bond donors (Lipinski definition) is 1. The second kappa shape index (κ2) is 4.52. The number of likely N-dealkylation sites (tertiary alicyclic amines) is 1. The SMILES string of the molecule is CC(N)CC(=O)N1CCC(C(C)(C)C)C1. The van der Waals surface area contributed by atoms with Gasteiger partial charge in [0.2, 0.25) is 5.91 Å². The number of rotatable bonds is 2. The van der Waals surface area contributed by atoms with Crippen molar-refractivity contribution in [1.29, 1.82) is 0 Å². The molecule has 3 nitrogen and oxygen atoms in total. The van der Waals surface area contributed by atoms with E-state index in [1.807, 2.05) is 11.8 Å². The molecule has 0 spiro atoms. The Bertz CT molecular complexity index is 230. The van der Waals surface area contributed by atoms with Gasteiger partial charge in [0.1, 0.15) is 0 Å². The fourth-order valence-electron chi connectivity index (χ4n) is 2.10. The van der Waals surface area contributed by atoms with Gasteiger partial charge in [0.05, 0.1) is 0 Å². The summed E-state index contributed by atoms with van der Waals surface area (Å²) in [7, 11) is 0. The Kier molecular flexibility index (Phi) is 3.77. The number of hydrogen-bond acceptors (Lipinski definition) is 2. The third-order valence-electron chi connectivity index (χ3n) is 3.26. The molecule has 1 amide bonds. The van der Waals surface area contributed by atoms with Crippen molar-refractivity contribution in [2.45, 2.75) is 46.6 Å². The predicted molar refractivity (Wildman–Crippen MR) is 62.4 cm³/mol. The zero-order chi connectivity index (χ0) is 11.6. The Morgan fingerprint density at radius 2 is 2.13 bits per heavy atom. The van der Waals surface area contributed by atoms with E-state index in [-0.39, 0.29) is 11.9 Å². The van der Waals surface area contributed by atoms with Crippen LogP contribution in [0.1, 0.15) is 40.5 Å². The number of amides is 1. The van der Waals surface area contributed by atoms with Gasteiger partial charge < -0.3 is 10.6 Å². The quantitative estimate of drug-likeness (QED) is 0.756. The normalized spacial score (nSPS) is 24.3. The summed E-state index contributed by atoms with van der Waals surface area (Å²) < 4.78 is 0. The molecule has 0 saturated carbocycles. The van der Waals surface area contributed by atoms with Gasteiger partial charge in [0.15, 0.2) is 0 Å². The fourth-order valence-corrected chi connectivity index (χ4v) is 2.10. The molecule has 0 bridgehead atoms. The van der Waals surface area contributed by atoms with Crippen LogP contribution in [0.5, 0.6) is 0 Å². The third-order valence-corrected chi connectivity index (χ3v) is 3.26. The van der Waals surface area contributed by atoms with Crippen molar-refractivity contribution in [3.05, 3.63) is 0 Å². The predicted octanol–water partition coefficient (Wildman–Crippen LogP) is 1.62. The standard InChI is InChI=1S/C12H24N2O/c1-9(13)7-11(15)14-6-5-10(8-14)12(2,3)4/h9-10H,5-8,13H2,1-4H3. The molecule has 1 aliphatic heterocycles. The maximum atomic E-state index is 11.8. The van der Waals surface area contributed by atoms with Gasteiger partial charge in [0.25, 0.3) is 0 Å². The van der Waals surface area contributed by atoms with Crippen molar-refractivity contribution in [2.24, 2.45) is 17.1 Å².